The molecular weight excluding hydrogens is 226 g/mol. The Morgan fingerprint density at radius 2 is 1.88 bits per heavy atom. The van der Waals surface area contributed by atoms with Gasteiger partial charge in [-0.1, -0.05) is 0 Å². The molecule has 0 bridgehead atoms. The van der Waals surface area contributed by atoms with Crippen LogP contribution in [-0.2, 0) is 4.79 Å². The summed E-state index contributed by atoms with van der Waals surface area (Å²) in [6.45, 7) is 0.300. The van der Waals surface area contributed by atoms with Gasteiger partial charge in [-0.15, -0.1) is 0 Å². The zero-order valence-electron chi connectivity index (χ0n) is 9.76. The van der Waals surface area contributed by atoms with Gasteiger partial charge in [-0.3, -0.25) is 4.79 Å². The molecular formula is C12H14F2N2O. The van der Waals surface area contributed by atoms with Crippen LogP contribution in [0.4, 0.5) is 14.5 Å². The maximum absolute atomic E-state index is 13.8. The van der Waals surface area contributed by atoms with Gasteiger partial charge in [-0.25, -0.2) is 8.78 Å². The number of nitrogens with one attached hydrogen (secondary N) is 1. The molecule has 1 heterocycles. The van der Waals surface area contributed by atoms with Crippen LogP contribution in [0, 0.1) is 11.6 Å². The first kappa shape index (κ1) is 11.8. The van der Waals surface area contributed by atoms with Crippen LogP contribution in [0.25, 0.3) is 0 Å². The Kier molecular flexibility index (Phi) is 3.00. The SMILES string of the molecule is CN(C)c1cc(F)c(C2CNC(=O)C2)c(F)c1. The lowest BCUT2D eigenvalue weighted by Gasteiger charge is -2.16. The summed E-state index contributed by atoms with van der Waals surface area (Å²) in [6, 6.07) is 2.59. The van der Waals surface area contributed by atoms with E-state index in [2.05, 4.69) is 5.32 Å². The molecule has 1 aromatic carbocycles. The maximum atomic E-state index is 13.8. The van der Waals surface area contributed by atoms with Crippen molar-refractivity contribution >= 4 is 11.6 Å². The van der Waals surface area contributed by atoms with Crippen molar-refractivity contribution in [1.29, 1.82) is 0 Å². The summed E-state index contributed by atoms with van der Waals surface area (Å²) in [5.74, 6) is -1.74. The first-order chi connectivity index (χ1) is 7.99. The maximum Gasteiger partial charge on any atom is 0.220 e. The van der Waals surface area contributed by atoms with Crippen molar-refractivity contribution in [3.8, 4) is 0 Å². The van der Waals surface area contributed by atoms with E-state index in [4.69, 9.17) is 0 Å². The van der Waals surface area contributed by atoms with E-state index in [1.807, 2.05) is 0 Å². The molecule has 5 heteroatoms. The largest absolute Gasteiger partial charge is 0.377 e. The van der Waals surface area contributed by atoms with Gasteiger partial charge < -0.3 is 10.2 Å². The molecule has 1 fully saturated rings. The first-order valence-electron chi connectivity index (χ1n) is 5.42. The number of anilines is 1. The van der Waals surface area contributed by atoms with E-state index in [1.165, 1.54) is 12.1 Å². The lowest BCUT2D eigenvalue weighted by atomic mass is 9.96. The molecule has 1 aromatic rings. The smallest absolute Gasteiger partial charge is 0.220 e. The number of carbonyl (C=O) groups excluding carboxylic acids is 1. The van der Waals surface area contributed by atoms with Gasteiger partial charge in [0.25, 0.3) is 0 Å². The van der Waals surface area contributed by atoms with E-state index in [0.717, 1.165) is 0 Å². The lowest BCUT2D eigenvalue weighted by Crippen LogP contribution is -2.15. The Hall–Kier alpha value is -1.65. The molecule has 1 amide bonds. The molecule has 1 saturated heterocycles. The van der Waals surface area contributed by atoms with Crippen LogP contribution in [0.3, 0.4) is 0 Å². The van der Waals surface area contributed by atoms with Gasteiger partial charge in [-0.05, 0) is 12.1 Å². The van der Waals surface area contributed by atoms with E-state index >= 15 is 0 Å². The summed E-state index contributed by atoms with van der Waals surface area (Å²) in [5, 5.41) is 2.58. The van der Waals surface area contributed by atoms with E-state index < -0.39 is 17.6 Å². The number of rotatable bonds is 2. The number of amides is 1. The highest BCUT2D eigenvalue weighted by molar-refractivity contribution is 5.79. The molecule has 0 saturated carbocycles. The third-order valence-electron chi connectivity index (χ3n) is 2.97. The third kappa shape index (κ3) is 2.23. The molecule has 92 valence electrons. The highest BCUT2D eigenvalue weighted by Gasteiger charge is 2.28. The third-order valence-corrected chi connectivity index (χ3v) is 2.97. The van der Waals surface area contributed by atoms with Gasteiger partial charge in [0.05, 0.1) is 0 Å². The number of halogens is 2. The molecule has 1 atom stereocenters. The van der Waals surface area contributed by atoms with E-state index in [1.54, 1.807) is 19.0 Å². The van der Waals surface area contributed by atoms with Crippen LogP contribution < -0.4 is 10.2 Å². The molecule has 0 spiro atoms. The van der Waals surface area contributed by atoms with Crippen LogP contribution in [0.1, 0.15) is 17.9 Å². The van der Waals surface area contributed by atoms with Gasteiger partial charge in [0.15, 0.2) is 0 Å². The molecule has 2 rings (SSSR count). The van der Waals surface area contributed by atoms with Crippen LogP contribution in [-0.4, -0.2) is 26.5 Å². The van der Waals surface area contributed by atoms with Gasteiger partial charge >= 0.3 is 0 Å². The molecule has 0 radical (unpaired) electrons. The van der Waals surface area contributed by atoms with Gasteiger partial charge in [0.2, 0.25) is 5.91 Å². The summed E-state index contributed by atoms with van der Waals surface area (Å²) in [4.78, 5) is 12.7. The van der Waals surface area contributed by atoms with Crippen LogP contribution in [0.15, 0.2) is 12.1 Å². The summed E-state index contributed by atoms with van der Waals surface area (Å²) in [6.07, 6.45) is 0.148. The second kappa shape index (κ2) is 4.31. The van der Waals surface area contributed by atoms with E-state index in [0.29, 0.717) is 12.2 Å². The van der Waals surface area contributed by atoms with Gasteiger partial charge in [0, 0.05) is 44.2 Å². The number of nitrogens with zero attached hydrogens (tertiary/aromatic N) is 1. The Bertz CT molecular complexity index is 437. The van der Waals surface area contributed by atoms with Crippen molar-refractivity contribution in [3.05, 3.63) is 29.3 Å². The minimum Gasteiger partial charge on any atom is -0.377 e. The zero-order chi connectivity index (χ0) is 12.6. The number of carbonyl (C=O) groups is 1. The minimum absolute atomic E-state index is 0.00829. The topological polar surface area (TPSA) is 32.3 Å². The molecule has 1 N–H and O–H groups in total. The van der Waals surface area contributed by atoms with Crippen LogP contribution >= 0.6 is 0 Å². The van der Waals surface area contributed by atoms with E-state index in [9.17, 15) is 13.6 Å². The number of hydrogen-bond donors (Lipinski definition) is 1. The fourth-order valence-electron chi connectivity index (χ4n) is 2.03. The zero-order valence-corrected chi connectivity index (χ0v) is 9.76. The van der Waals surface area contributed by atoms with Gasteiger partial charge in [0.1, 0.15) is 11.6 Å². The average molecular weight is 240 g/mol. The predicted octanol–water partition coefficient (Wildman–Crippen LogP) is 1.63. The fourth-order valence-corrected chi connectivity index (χ4v) is 2.03. The molecule has 0 aromatic heterocycles. The quantitative estimate of drug-likeness (QED) is 0.852. The van der Waals surface area contributed by atoms with Crippen LogP contribution in [0.5, 0.6) is 0 Å². The summed E-state index contributed by atoms with van der Waals surface area (Å²) in [7, 11) is 3.43. The van der Waals surface area contributed by atoms with Crippen molar-refractivity contribution in [3.63, 3.8) is 0 Å². The Labute approximate surface area is 98.4 Å². The Morgan fingerprint density at radius 1 is 1.29 bits per heavy atom. The summed E-state index contributed by atoms with van der Waals surface area (Å²) < 4.78 is 27.7. The summed E-state index contributed by atoms with van der Waals surface area (Å²) >= 11 is 0. The predicted molar refractivity (Wildman–Crippen MR) is 61.1 cm³/mol. The molecule has 0 aliphatic carbocycles. The fraction of sp³-hybridized carbons (Fsp3) is 0.417. The van der Waals surface area contributed by atoms with E-state index in [-0.39, 0.29) is 17.9 Å². The average Bonchev–Trinajstić information content (AvgIpc) is 2.63. The highest BCUT2D eigenvalue weighted by atomic mass is 19.1. The molecule has 17 heavy (non-hydrogen) atoms. The van der Waals surface area contributed by atoms with Crippen molar-refractivity contribution in [2.75, 3.05) is 25.5 Å². The number of benzene rings is 1. The van der Waals surface area contributed by atoms with Crippen molar-refractivity contribution in [2.24, 2.45) is 0 Å². The molecule has 1 unspecified atom stereocenters. The van der Waals surface area contributed by atoms with Crippen molar-refractivity contribution in [1.82, 2.24) is 5.32 Å². The normalized spacial score (nSPS) is 19.3. The molecule has 3 nitrogen and oxygen atoms in total. The van der Waals surface area contributed by atoms with Crippen LogP contribution in [0.2, 0.25) is 0 Å². The van der Waals surface area contributed by atoms with Crippen molar-refractivity contribution < 1.29 is 13.6 Å². The standard InChI is InChI=1S/C12H14F2N2O/c1-16(2)8-4-9(13)12(10(14)5-8)7-3-11(17)15-6-7/h4-5,7H,3,6H2,1-2H3,(H,15,17). The second-order valence-corrected chi connectivity index (χ2v) is 4.42. The second-order valence-electron chi connectivity index (χ2n) is 4.42. The van der Waals surface area contributed by atoms with Crippen molar-refractivity contribution in [2.45, 2.75) is 12.3 Å². The molecule has 1 aliphatic rings. The monoisotopic (exact) mass is 240 g/mol. The Morgan fingerprint density at radius 3 is 2.29 bits per heavy atom. The highest BCUT2D eigenvalue weighted by Crippen LogP contribution is 2.30. The van der Waals surface area contributed by atoms with Gasteiger partial charge in [-0.2, -0.15) is 0 Å². The first-order valence-corrected chi connectivity index (χ1v) is 5.42. The lowest BCUT2D eigenvalue weighted by molar-refractivity contribution is -0.119. The summed E-state index contributed by atoms with van der Waals surface area (Å²) in [5.41, 5.74) is 0.481. The molecule has 1 aliphatic heterocycles. The Balaban J connectivity index is 2.38. The number of hydrogen-bond acceptors (Lipinski definition) is 2. The minimum atomic E-state index is -0.588.